The average Bonchev–Trinajstić information content (AvgIpc) is 2.19. The molecule has 4 heteroatoms. The molecule has 0 aliphatic heterocycles. The molecular formula is C6H10FFeN2. The molecule has 0 spiro atoms. The Bertz CT molecular complexity index is 141. The molecule has 10 heavy (non-hydrogen) atoms. The van der Waals surface area contributed by atoms with Gasteiger partial charge in [0.15, 0.2) is 0 Å². The fourth-order valence-electron chi connectivity index (χ4n) is 0.677. The second-order valence-corrected chi connectivity index (χ2v) is 1.80. The SMILES string of the molecule is CCCn1ccnc1.[F].[Fe]. The van der Waals surface area contributed by atoms with Gasteiger partial charge in [-0.3, -0.25) is 0 Å². The van der Waals surface area contributed by atoms with Crippen LogP contribution in [0.2, 0.25) is 0 Å². The van der Waals surface area contributed by atoms with E-state index in [2.05, 4.69) is 16.5 Å². The van der Waals surface area contributed by atoms with Gasteiger partial charge in [-0.25, -0.2) is 4.98 Å². The van der Waals surface area contributed by atoms with E-state index in [0.717, 1.165) is 6.54 Å². The summed E-state index contributed by atoms with van der Waals surface area (Å²) >= 11 is 0. The molecule has 0 aromatic carbocycles. The summed E-state index contributed by atoms with van der Waals surface area (Å²) in [5.41, 5.74) is 0. The van der Waals surface area contributed by atoms with Crippen molar-refractivity contribution in [3.8, 4) is 0 Å². The molecule has 1 aromatic heterocycles. The molecule has 2 nitrogen and oxygen atoms in total. The smallest absolute Gasteiger partial charge is 0.0945 e. The fraction of sp³-hybridized carbons (Fsp3) is 0.500. The number of halogens is 1. The molecule has 0 saturated heterocycles. The summed E-state index contributed by atoms with van der Waals surface area (Å²) in [7, 11) is 0. The molecule has 1 radical (unpaired) electrons. The standard InChI is InChI=1S/C6H10N2.F.Fe/c1-2-4-8-5-3-7-6-8;;/h3,5-6H,2,4H2,1H3;;. The minimum atomic E-state index is 0. The third kappa shape index (κ3) is 3.64. The van der Waals surface area contributed by atoms with Crippen LogP contribution in [0.1, 0.15) is 13.3 Å². The number of nitrogens with zero attached hydrogens (tertiary/aromatic N) is 2. The number of aromatic nitrogens is 2. The first-order valence-corrected chi connectivity index (χ1v) is 2.89. The Balaban J connectivity index is 0. The van der Waals surface area contributed by atoms with E-state index in [1.165, 1.54) is 6.42 Å². The predicted octanol–water partition coefficient (Wildman–Crippen LogP) is 1.71. The Morgan fingerprint density at radius 2 is 2.20 bits per heavy atom. The van der Waals surface area contributed by atoms with Crippen molar-refractivity contribution >= 4 is 0 Å². The summed E-state index contributed by atoms with van der Waals surface area (Å²) in [5.74, 6) is 0. The molecule has 59 valence electrons. The normalized spacial score (nSPS) is 7.70. The topological polar surface area (TPSA) is 17.8 Å². The molecule has 1 aromatic rings. The largest absolute Gasteiger partial charge is 0.338 e. The Labute approximate surface area is 70.5 Å². The monoisotopic (exact) mass is 185 g/mol. The molecular weight excluding hydrogens is 175 g/mol. The van der Waals surface area contributed by atoms with E-state index in [4.69, 9.17) is 0 Å². The van der Waals surface area contributed by atoms with Crippen LogP contribution in [0.15, 0.2) is 18.7 Å². The number of aryl methyl sites for hydroxylation is 1. The van der Waals surface area contributed by atoms with Crippen LogP contribution in [-0.2, 0) is 23.6 Å². The maximum Gasteiger partial charge on any atom is 0.0945 e. The van der Waals surface area contributed by atoms with Gasteiger partial charge in [-0.1, -0.05) is 6.92 Å². The molecule has 0 atom stereocenters. The summed E-state index contributed by atoms with van der Waals surface area (Å²) in [6, 6.07) is 0. The maximum absolute atomic E-state index is 3.90. The molecule has 1 heterocycles. The predicted molar refractivity (Wildman–Crippen MR) is 33.6 cm³/mol. The van der Waals surface area contributed by atoms with Gasteiger partial charge in [-0.05, 0) is 6.42 Å². The van der Waals surface area contributed by atoms with Crippen LogP contribution >= 0.6 is 0 Å². The van der Waals surface area contributed by atoms with E-state index >= 15 is 0 Å². The molecule has 0 bridgehead atoms. The van der Waals surface area contributed by atoms with Crippen LogP contribution in [-0.4, -0.2) is 9.55 Å². The van der Waals surface area contributed by atoms with E-state index < -0.39 is 0 Å². The molecule has 1 rings (SSSR count). The van der Waals surface area contributed by atoms with E-state index in [1.807, 2.05) is 12.5 Å². The summed E-state index contributed by atoms with van der Waals surface area (Å²) in [5, 5.41) is 0. The van der Waals surface area contributed by atoms with Crippen molar-refractivity contribution in [2.75, 3.05) is 0 Å². The zero-order chi connectivity index (χ0) is 5.82. The fourth-order valence-corrected chi connectivity index (χ4v) is 0.677. The number of hydrogen-bond acceptors (Lipinski definition) is 1. The molecule has 0 fully saturated rings. The number of imidazole rings is 1. The van der Waals surface area contributed by atoms with Crippen molar-refractivity contribution < 1.29 is 21.8 Å². The summed E-state index contributed by atoms with van der Waals surface area (Å²) < 4.78 is 2.07. The number of hydrogen-bond donors (Lipinski definition) is 0. The quantitative estimate of drug-likeness (QED) is 0.641. The molecule has 0 saturated carbocycles. The van der Waals surface area contributed by atoms with Gasteiger partial charge < -0.3 is 4.57 Å². The van der Waals surface area contributed by atoms with E-state index in [9.17, 15) is 0 Å². The maximum atomic E-state index is 3.90. The van der Waals surface area contributed by atoms with Gasteiger partial charge in [0, 0.05) is 40.7 Å². The Kier molecular flexibility index (Phi) is 8.36. The van der Waals surface area contributed by atoms with Crippen LogP contribution in [0.25, 0.3) is 0 Å². The van der Waals surface area contributed by atoms with Crippen molar-refractivity contribution in [1.82, 2.24) is 9.55 Å². The van der Waals surface area contributed by atoms with Gasteiger partial charge in [0.2, 0.25) is 0 Å². The molecule has 0 aliphatic carbocycles. The average molecular weight is 185 g/mol. The summed E-state index contributed by atoms with van der Waals surface area (Å²) in [6.07, 6.45) is 6.79. The van der Waals surface area contributed by atoms with Gasteiger partial charge in [0.25, 0.3) is 0 Å². The molecule has 0 N–H and O–H groups in total. The molecule has 0 amide bonds. The van der Waals surface area contributed by atoms with Crippen LogP contribution in [0.5, 0.6) is 0 Å². The summed E-state index contributed by atoms with van der Waals surface area (Å²) in [6.45, 7) is 3.24. The van der Waals surface area contributed by atoms with Crippen LogP contribution in [0.4, 0.5) is 4.70 Å². The minimum Gasteiger partial charge on any atom is -0.338 e. The Morgan fingerprint density at radius 1 is 1.50 bits per heavy atom. The van der Waals surface area contributed by atoms with Gasteiger partial charge >= 0.3 is 0 Å². The third-order valence-electron chi connectivity index (χ3n) is 1.04. The van der Waals surface area contributed by atoms with E-state index in [0.29, 0.717) is 0 Å². The van der Waals surface area contributed by atoms with Crippen molar-refractivity contribution in [3.05, 3.63) is 18.7 Å². The zero-order valence-electron chi connectivity index (χ0n) is 5.77. The van der Waals surface area contributed by atoms with Gasteiger partial charge in [-0.15, -0.1) is 0 Å². The molecule has 0 unspecified atom stereocenters. The Hall–Kier alpha value is -0.341. The zero-order valence-corrected chi connectivity index (χ0v) is 6.88. The third-order valence-corrected chi connectivity index (χ3v) is 1.04. The van der Waals surface area contributed by atoms with Crippen molar-refractivity contribution in [3.63, 3.8) is 0 Å². The number of rotatable bonds is 2. The first kappa shape index (κ1) is 12.3. The van der Waals surface area contributed by atoms with Crippen molar-refractivity contribution in [2.24, 2.45) is 0 Å². The minimum absolute atomic E-state index is 0. The van der Waals surface area contributed by atoms with Crippen LogP contribution in [0, 0.1) is 0 Å². The van der Waals surface area contributed by atoms with Gasteiger partial charge in [-0.2, -0.15) is 0 Å². The van der Waals surface area contributed by atoms with Gasteiger partial charge in [0.1, 0.15) is 0 Å². The van der Waals surface area contributed by atoms with Crippen LogP contribution in [0.3, 0.4) is 0 Å². The van der Waals surface area contributed by atoms with Gasteiger partial charge in [0.05, 0.1) is 6.33 Å². The Morgan fingerprint density at radius 3 is 2.60 bits per heavy atom. The van der Waals surface area contributed by atoms with E-state index in [-0.39, 0.29) is 21.8 Å². The second kappa shape index (κ2) is 6.77. The van der Waals surface area contributed by atoms with Crippen molar-refractivity contribution in [1.29, 1.82) is 0 Å². The molecule has 0 aliphatic rings. The van der Waals surface area contributed by atoms with E-state index in [1.54, 1.807) is 6.20 Å². The van der Waals surface area contributed by atoms with Crippen molar-refractivity contribution in [2.45, 2.75) is 19.9 Å². The van der Waals surface area contributed by atoms with Crippen LogP contribution < -0.4 is 0 Å². The summed E-state index contributed by atoms with van der Waals surface area (Å²) in [4.78, 5) is 3.90. The second-order valence-electron chi connectivity index (χ2n) is 1.80. The first-order valence-electron chi connectivity index (χ1n) is 2.89. The first-order chi connectivity index (χ1) is 3.93.